The molecule has 6 rings (SSSR count). The van der Waals surface area contributed by atoms with Crippen LogP contribution in [0, 0.1) is 0 Å². The first-order chi connectivity index (χ1) is 50.7. The van der Waals surface area contributed by atoms with Gasteiger partial charge in [0.2, 0.25) is 47.3 Å². The number of nitrogens with one attached hydrogen (secondary N) is 10. The first-order valence-corrected chi connectivity index (χ1v) is 37.2. The zero-order valence-corrected chi connectivity index (χ0v) is 60.5. The lowest BCUT2D eigenvalue weighted by Gasteiger charge is -2.27. The highest BCUT2D eigenvalue weighted by molar-refractivity contribution is 7.98. The minimum Gasteiger partial charge on any atom is -0.508 e. The number of aliphatic carboxylic acids is 2. The number of hydrogen-bond donors (Lipinski definition) is 15. The van der Waals surface area contributed by atoms with Crippen molar-refractivity contribution >= 4 is 105 Å². The number of phenolic OH excluding ortho intramolecular Hbond substituents is 2. The van der Waals surface area contributed by atoms with E-state index in [9.17, 15) is 68.4 Å². The van der Waals surface area contributed by atoms with E-state index in [-0.39, 0.29) is 76.3 Å². The van der Waals surface area contributed by atoms with E-state index in [1.165, 1.54) is 59.9 Å². The van der Waals surface area contributed by atoms with Crippen LogP contribution in [-0.2, 0) is 102 Å². The van der Waals surface area contributed by atoms with Crippen molar-refractivity contribution < 1.29 is 96.8 Å². The number of H-pyrrole nitrogens is 2. The van der Waals surface area contributed by atoms with E-state index < -0.39 is 121 Å². The summed E-state index contributed by atoms with van der Waals surface area (Å²) in [6.07, 6.45) is 4.94. The average molecular weight is 1500 g/mol. The normalized spacial score (nSPS) is 13.3. The van der Waals surface area contributed by atoms with Gasteiger partial charge in [0.05, 0.1) is 85.8 Å². The zero-order chi connectivity index (χ0) is 75.7. The number of nitrogens with two attached hydrogens (primary N) is 1. The summed E-state index contributed by atoms with van der Waals surface area (Å²) in [4.78, 5) is 145. The molecule has 4 aromatic carbocycles. The van der Waals surface area contributed by atoms with E-state index in [1.54, 1.807) is 85.6 Å². The largest absolute Gasteiger partial charge is 0.508 e. The summed E-state index contributed by atoms with van der Waals surface area (Å²) in [6, 6.07) is 16.0. The summed E-state index contributed by atoms with van der Waals surface area (Å²) in [5.74, 6) is -8.86. The highest BCUT2D eigenvalue weighted by atomic mass is 32.2. The average Bonchev–Trinajstić information content (AvgIpc) is 1.75. The highest BCUT2D eigenvalue weighted by Crippen LogP contribution is 2.22. The number of aromatic amines is 2. The number of amides is 8. The molecule has 105 heavy (non-hydrogen) atoms. The Balaban J connectivity index is 1.13. The molecule has 8 amide bonds. The Morgan fingerprint density at radius 3 is 1.21 bits per heavy atom. The van der Waals surface area contributed by atoms with Crippen LogP contribution in [0.5, 0.6) is 11.5 Å². The third kappa shape index (κ3) is 31.1. The van der Waals surface area contributed by atoms with Gasteiger partial charge in [-0.2, -0.15) is 23.5 Å². The number of aromatic nitrogens is 2. The molecule has 0 spiro atoms. The van der Waals surface area contributed by atoms with Gasteiger partial charge in [-0.3, -0.25) is 43.2 Å². The Kier molecular flexibility index (Phi) is 38.0. The van der Waals surface area contributed by atoms with Crippen LogP contribution in [0.15, 0.2) is 109 Å². The summed E-state index contributed by atoms with van der Waals surface area (Å²) < 4.78 is 32.9. The lowest BCUT2D eigenvalue weighted by atomic mass is 10.0. The van der Waals surface area contributed by atoms with E-state index in [2.05, 4.69) is 52.5 Å². The fourth-order valence-electron chi connectivity index (χ4n) is 10.8. The zero-order valence-electron chi connectivity index (χ0n) is 58.8. The number of phenols is 2. The third-order valence-electron chi connectivity index (χ3n) is 16.3. The quantitative estimate of drug-likeness (QED) is 0.0242. The van der Waals surface area contributed by atoms with Crippen LogP contribution in [0.1, 0.15) is 54.4 Å². The van der Waals surface area contributed by atoms with Gasteiger partial charge in [0.25, 0.3) is 0 Å². The molecule has 6 aromatic rings. The van der Waals surface area contributed by atoms with Crippen LogP contribution in [0.4, 0.5) is 0 Å². The molecule has 0 radical (unpaired) electrons. The van der Waals surface area contributed by atoms with Gasteiger partial charge < -0.3 is 107 Å². The molecule has 0 aliphatic rings. The standard InChI is InChI=1S/C72H97N11O20S2/c1-104-37-22-57(80-68(92)59(39-46-11-15-50(84)16-12-46)77-63(86)21-25-98-27-29-100-31-33-102-35-36-103-34-32-101-30-28-99-26-24-73)67(91)83-62(42-49-44-75-55-10-6-4-8-53(49)55)71(95)79-56(19-20-65(88)89)66(90)76-45-64(87)78-61(41-48-43-74-54-9-5-3-7-52(48)54)70(94)82-60(40-47-13-17-51(85)18-14-47)69(93)81-58(72(96)97)23-38-105-2/h3-18,43-44,56-62,74-75,84-85H,19-42,45,73H2,1-2H3,(H,76,90)(H,77,86)(H,78,87)(H,79,95)(H,80,92)(H,81,93)(H,82,94)(H,83,91)(H,88,89)(H,96,97)/t56-,57-,58-,59-,60-,61-,62-/m0/s1. The molecule has 31 nitrogen and oxygen atoms in total. The summed E-state index contributed by atoms with van der Waals surface area (Å²) >= 11 is 2.73. The van der Waals surface area contributed by atoms with Gasteiger partial charge in [0.15, 0.2) is 0 Å². The van der Waals surface area contributed by atoms with Crippen LogP contribution < -0.4 is 48.3 Å². The molecule has 0 saturated heterocycles. The van der Waals surface area contributed by atoms with Crippen LogP contribution >= 0.6 is 23.5 Å². The molecule has 2 heterocycles. The second kappa shape index (κ2) is 47.2. The lowest BCUT2D eigenvalue weighted by Crippen LogP contribution is -2.59. The second-order valence-electron chi connectivity index (χ2n) is 24.2. The molecule has 0 fully saturated rings. The first-order valence-electron chi connectivity index (χ1n) is 34.4. The van der Waals surface area contributed by atoms with E-state index in [4.69, 9.17) is 34.2 Å². The van der Waals surface area contributed by atoms with Gasteiger partial charge >= 0.3 is 11.9 Å². The van der Waals surface area contributed by atoms with Crippen molar-refractivity contribution in [3.05, 3.63) is 132 Å². The van der Waals surface area contributed by atoms with Gasteiger partial charge in [0, 0.05) is 79.3 Å². The number of para-hydroxylation sites is 2. The maximum Gasteiger partial charge on any atom is 0.326 e. The number of carboxylic acids is 2. The molecule has 0 aliphatic heterocycles. The van der Waals surface area contributed by atoms with Gasteiger partial charge in [0.1, 0.15) is 53.8 Å². The van der Waals surface area contributed by atoms with E-state index in [1.807, 2.05) is 0 Å². The number of ether oxygens (including phenoxy) is 6. The van der Waals surface area contributed by atoms with E-state index in [0.29, 0.717) is 122 Å². The van der Waals surface area contributed by atoms with Crippen LogP contribution in [-0.4, -0.2) is 248 Å². The summed E-state index contributed by atoms with van der Waals surface area (Å²) in [7, 11) is 0. The molecule has 16 N–H and O–H groups in total. The molecule has 0 saturated carbocycles. The Bertz CT molecular complexity index is 3710. The van der Waals surface area contributed by atoms with Crippen molar-refractivity contribution in [2.75, 3.05) is 116 Å². The molecule has 0 bridgehead atoms. The van der Waals surface area contributed by atoms with Crippen molar-refractivity contribution in [1.82, 2.24) is 52.5 Å². The molecule has 0 unspecified atom stereocenters. The molecule has 2 aromatic heterocycles. The van der Waals surface area contributed by atoms with Crippen molar-refractivity contribution in [2.24, 2.45) is 5.73 Å². The number of fused-ring (bicyclic) bond motifs is 2. The number of carbonyl (C=O) groups is 10. The van der Waals surface area contributed by atoms with Crippen LogP contribution in [0.3, 0.4) is 0 Å². The summed E-state index contributed by atoms with van der Waals surface area (Å²) in [6.45, 7) is 3.54. The summed E-state index contributed by atoms with van der Waals surface area (Å²) in [5.41, 5.74) is 8.90. The number of carbonyl (C=O) groups excluding carboxylic acids is 8. The fourth-order valence-corrected chi connectivity index (χ4v) is 11.7. The van der Waals surface area contributed by atoms with Crippen molar-refractivity contribution in [3.8, 4) is 11.5 Å². The molecule has 7 atom stereocenters. The number of hydrogen-bond acceptors (Lipinski definition) is 21. The summed E-state index contributed by atoms with van der Waals surface area (Å²) in [5, 5.41) is 62.4. The monoisotopic (exact) mass is 1500 g/mol. The topological polar surface area (TPSA) is 461 Å². The number of thioether (sulfide) groups is 2. The third-order valence-corrected chi connectivity index (χ3v) is 17.6. The number of benzene rings is 4. The van der Waals surface area contributed by atoms with E-state index in [0.717, 1.165) is 0 Å². The Hall–Kier alpha value is -9.32. The van der Waals surface area contributed by atoms with Gasteiger partial charge in [-0.1, -0.05) is 60.7 Å². The highest BCUT2D eigenvalue weighted by Gasteiger charge is 2.35. The SMILES string of the molecule is CSCC[C@H](NC(=O)[C@H](Cc1ccc(O)cc1)NC(=O)[C@H](Cc1c[nH]c2ccccc12)NC(=O)CNC(=O)[C@H](CCC(=O)O)NC(=O)[C@H](Cc1c[nH]c2ccccc12)NC(=O)[C@H](CCSC)NC(=O)[C@H](Cc1ccc(O)cc1)NC(=O)CCOCCOCCOCCOCCOCCOCCN)C(=O)O. The van der Waals surface area contributed by atoms with Crippen LogP contribution in [0.2, 0.25) is 0 Å². The second-order valence-corrected chi connectivity index (χ2v) is 26.1. The van der Waals surface area contributed by atoms with Crippen molar-refractivity contribution in [3.63, 3.8) is 0 Å². The Labute approximate surface area is 616 Å². The lowest BCUT2D eigenvalue weighted by molar-refractivity contribution is -0.142. The molecule has 33 heteroatoms. The van der Waals surface area contributed by atoms with Crippen molar-refractivity contribution in [1.29, 1.82) is 0 Å². The molecule has 0 aliphatic carbocycles. The van der Waals surface area contributed by atoms with Gasteiger partial charge in [-0.15, -0.1) is 0 Å². The Morgan fingerprint density at radius 2 is 0.771 bits per heavy atom. The van der Waals surface area contributed by atoms with Crippen LogP contribution in [0.25, 0.3) is 21.8 Å². The Morgan fingerprint density at radius 1 is 0.410 bits per heavy atom. The maximum atomic E-state index is 14.8. The van der Waals surface area contributed by atoms with Crippen molar-refractivity contribution in [2.45, 2.75) is 100 Å². The molecular formula is C72H97N11O20S2. The maximum absolute atomic E-state index is 14.8. The first kappa shape index (κ1) is 84.6. The molecular weight excluding hydrogens is 1400 g/mol. The smallest absolute Gasteiger partial charge is 0.326 e. The minimum absolute atomic E-state index is 0.0251. The predicted octanol–water partition coefficient (Wildman–Crippen LogP) is 1.74. The minimum atomic E-state index is -1.66. The van der Waals surface area contributed by atoms with Gasteiger partial charge in [-0.25, -0.2) is 4.79 Å². The predicted molar refractivity (Wildman–Crippen MR) is 393 cm³/mol. The van der Waals surface area contributed by atoms with E-state index >= 15 is 0 Å². The number of aromatic hydroxyl groups is 2. The number of rotatable bonds is 53. The van der Waals surface area contributed by atoms with Gasteiger partial charge in [-0.05, 0) is 102 Å². The number of carboxylic acid groups (broad SMARTS) is 2. The molecule has 572 valence electrons. The fraction of sp³-hybridized carbons (Fsp3) is 0.472.